The van der Waals surface area contributed by atoms with E-state index in [4.69, 9.17) is 0 Å². The Hall–Kier alpha value is -0.120. The van der Waals surface area contributed by atoms with Gasteiger partial charge in [-0.2, -0.15) is 0 Å². The van der Waals surface area contributed by atoms with Gasteiger partial charge in [-0.25, -0.2) is 0 Å². The lowest BCUT2D eigenvalue weighted by molar-refractivity contribution is 0.0692. The first-order chi connectivity index (χ1) is 7.72. The van der Waals surface area contributed by atoms with Crippen molar-refractivity contribution >= 4 is 0 Å². The van der Waals surface area contributed by atoms with Gasteiger partial charge in [-0.15, -0.1) is 0 Å². The van der Waals surface area contributed by atoms with Crippen molar-refractivity contribution in [2.75, 3.05) is 39.3 Å². The zero-order valence-corrected chi connectivity index (χ0v) is 11.1. The van der Waals surface area contributed by atoms with Crippen LogP contribution in [0.5, 0.6) is 0 Å². The smallest absolute Gasteiger partial charge is 0.0261 e. The van der Waals surface area contributed by atoms with E-state index in [1.54, 1.807) is 0 Å². The molecule has 3 heteroatoms. The Morgan fingerprint density at radius 1 is 1.12 bits per heavy atom. The van der Waals surface area contributed by atoms with Crippen LogP contribution in [-0.4, -0.2) is 61.2 Å². The Morgan fingerprint density at radius 3 is 2.38 bits per heavy atom. The van der Waals surface area contributed by atoms with Crippen LogP contribution in [0.4, 0.5) is 0 Å². The second kappa shape index (κ2) is 5.48. The summed E-state index contributed by atoms with van der Waals surface area (Å²) in [6.07, 6.45) is 1.32. The second-order valence-corrected chi connectivity index (χ2v) is 5.56. The van der Waals surface area contributed by atoms with E-state index in [1.165, 1.54) is 45.7 Å². The minimum Gasteiger partial charge on any atom is -0.315 e. The third-order valence-corrected chi connectivity index (χ3v) is 4.38. The Bertz CT molecular complexity index is 209. The molecule has 0 amide bonds. The zero-order valence-electron chi connectivity index (χ0n) is 11.1. The van der Waals surface area contributed by atoms with Crippen LogP contribution < -0.4 is 5.32 Å². The molecule has 2 aliphatic rings. The summed E-state index contributed by atoms with van der Waals surface area (Å²) in [7, 11) is 0. The number of nitrogens with one attached hydrogen (secondary N) is 1. The fourth-order valence-electron chi connectivity index (χ4n) is 3.15. The molecule has 0 bridgehead atoms. The first-order valence-corrected chi connectivity index (χ1v) is 6.91. The minimum atomic E-state index is 0.714. The molecule has 16 heavy (non-hydrogen) atoms. The van der Waals surface area contributed by atoms with E-state index in [-0.39, 0.29) is 0 Å². The Kier molecular flexibility index (Phi) is 4.22. The van der Waals surface area contributed by atoms with Crippen molar-refractivity contribution in [1.29, 1.82) is 0 Å². The molecule has 2 aliphatic heterocycles. The number of piperazine rings is 1. The van der Waals surface area contributed by atoms with Crippen molar-refractivity contribution in [2.24, 2.45) is 5.92 Å². The topological polar surface area (TPSA) is 18.5 Å². The van der Waals surface area contributed by atoms with Crippen LogP contribution in [0, 0.1) is 5.92 Å². The number of hydrogen-bond acceptors (Lipinski definition) is 3. The van der Waals surface area contributed by atoms with Gasteiger partial charge in [0, 0.05) is 44.8 Å². The summed E-state index contributed by atoms with van der Waals surface area (Å²) in [5, 5.41) is 3.55. The van der Waals surface area contributed by atoms with Gasteiger partial charge in [0.1, 0.15) is 0 Å². The van der Waals surface area contributed by atoms with E-state index in [2.05, 4.69) is 35.9 Å². The summed E-state index contributed by atoms with van der Waals surface area (Å²) in [6.45, 7) is 14.4. The molecule has 2 heterocycles. The molecule has 0 saturated carbocycles. The summed E-state index contributed by atoms with van der Waals surface area (Å²) in [5.74, 6) is 0.880. The van der Waals surface area contributed by atoms with Gasteiger partial charge in [0.05, 0.1) is 0 Å². The molecule has 0 radical (unpaired) electrons. The summed E-state index contributed by atoms with van der Waals surface area (Å²) in [5.41, 5.74) is 0. The molecule has 2 atom stereocenters. The van der Waals surface area contributed by atoms with E-state index in [0.717, 1.165) is 12.0 Å². The quantitative estimate of drug-likeness (QED) is 0.773. The van der Waals surface area contributed by atoms with E-state index >= 15 is 0 Å². The van der Waals surface area contributed by atoms with E-state index in [1.807, 2.05) is 0 Å². The molecule has 0 aromatic rings. The van der Waals surface area contributed by atoms with Gasteiger partial charge in [0.2, 0.25) is 0 Å². The number of hydrogen-bond donors (Lipinski definition) is 1. The van der Waals surface area contributed by atoms with Crippen LogP contribution in [0.25, 0.3) is 0 Å². The van der Waals surface area contributed by atoms with Crippen molar-refractivity contribution < 1.29 is 0 Å². The summed E-state index contributed by atoms with van der Waals surface area (Å²) < 4.78 is 0. The molecule has 94 valence electrons. The predicted molar refractivity (Wildman–Crippen MR) is 68.7 cm³/mol. The molecule has 2 saturated heterocycles. The molecule has 0 aromatic heterocycles. The summed E-state index contributed by atoms with van der Waals surface area (Å²) >= 11 is 0. The average molecular weight is 225 g/mol. The van der Waals surface area contributed by atoms with Crippen LogP contribution in [0.1, 0.15) is 27.2 Å². The molecule has 3 nitrogen and oxygen atoms in total. The summed E-state index contributed by atoms with van der Waals surface area (Å²) in [6, 6.07) is 1.52. The zero-order chi connectivity index (χ0) is 11.5. The monoisotopic (exact) mass is 225 g/mol. The number of nitrogens with zero attached hydrogens (tertiary/aromatic N) is 2. The SMILES string of the molecule is CCC1CNCC1N1CCN(C(C)C)CC1. The molecule has 2 unspecified atom stereocenters. The minimum absolute atomic E-state index is 0.714. The van der Waals surface area contributed by atoms with Crippen molar-refractivity contribution in [1.82, 2.24) is 15.1 Å². The van der Waals surface area contributed by atoms with E-state index in [9.17, 15) is 0 Å². The van der Waals surface area contributed by atoms with Gasteiger partial charge >= 0.3 is 0 Å². The first-order valence-electron chi connectivity index (χ1n) is 6.91. The first kappa shape index (κ1) is 12.3. The van der Waals surface area contributed by atoms with Gasteiger partial charge in [-0.1, -0.05) is 13.3 Å². The van der Waals surface area contributed by atoms with Crippen LogP contribution in [0.2, 0.25) is 0 Å². The molecule has 0 aliphatic carbocycles. The van der Waals surface area contributed by atoms with E-state index in [0.29, 0.717) is 6.04 Å². The maximum atomic E-state index is 3.55. The van der Waals surface area contributed by atoms with Crippen LogP contribution in [0.15, 0.2) is 0 Å². The fourth-order valence-corrected chi connectivity index (χ4v) is 3.15. The Balaban J connectivity index is 1.84. The molecule has 0 spiro atoms. The lowest BCUT2D eigenvalue weighted by atomic mass is 9.98. The highest BCUT2D eigenvalue weighted by molar-refractivity contribution is 4.90. The van der Waals surface area contributed by atoms with Gasteiger partial charge in [0.25, 0.3) is 0 Å². The van der Waals surface area contributed by atoms with Gasteiger partial charge in [-0.3, -0.25) is 9.80 Å². The van der Waals surface area contributed by atoms with Crippen molar-refractivity contribution in [3.8, 4) is 0 Å². The molecule has 1 N–H and O–H groups in total. The standard InChI is InChI=1S/C13H27N3/c1-4-12-9-14-10-13(12)16-7-5-15(6-8-16)11(2)3/h11-14H,4-10H2,1-3H3. The average Bonchev–Trinajstić information content (AvgIpc) is 2.77. The lowest BCUT2D eigenvalue weighted by Gasteiger charge is -2.41. The van der Waals surface area contributed by atoms with Crippen LogP contribution in [-0.2, 0) is 0 Å². The van der Waals surface area contributed by atoms with Gasteiger partial charge < -0.3 is 5.32 Å². The van der Waals surface area contributed by atoms with E-state index < -0.39 is 0 Å². The normalized spacial score (nSPS) is 33.8. The summed E-state index contributed by atoms with van der Waals surface area (Å²) in [4.78, 5) is 5.31. The van der Waals surface area contributed by atoms with Gasteiger partial charge in [0.15, 0.2) is 0 Å². The van der Waals surface area contributed by atoms with Crippen molar-refractivity contribution in [3.05, 3.63) is 0 Å². The van der Waals surface area contributed by atoms with Crippen molar-refractivity contribution in [2.45, 2.75) is 39.3 Å². The highest BCUT2D eigenvalue weighted by atomic mass is 15.3. The Labute approximate surface area is 100 Å². The third kappa shape index (κ3) is 2.58. The highest BCUT2D eigenvalue weighted by Gasteiger charge is 2.32. The van der Waals surface area contributed by atoms with Crippen LogP contribution in [0.3, 0.4) is 0 Å². The third-order valence-electron chi connectivity index (χ3n) is 4.38. The van der Waals surface area contributed by atoms with Crippen molar-refractivity contribution in [3.63, 3.8) is 0 Å². The van der Waals surface area contributed by atoms with Gasteiger partial charge in [-0.05, 0) is 26.3 Å². The molecule has 2 rings (SSSR count). The molecule has 2 fully saturated rings. The fraction of sp³-hybridized carbons (Fsp3) is 1.00. The molecular weight excluding hydrogens is 198 g/mol. The highest BCUT2D eigenvalue weighted by Crippen LogP contribution is 2.20. The Morgan fingerprint density at radius 2 is 1.81 bits per heavy atom. The molecule has 0 aromatic carbocycles. The number of rotatable bonds is 3. The molecular formula is C13H27N3. The lowest BCUT2D eigenvalue weighted by Crippen LogP contribution is -2.53. The maximum Gasteiger partial charge on any atom is 0.0261 e. The largest absolute Gasteiger partial charge is 0.315 e. The maximum absolute atomic E-state index is 3.55. The predicted octanol–water partition coefficient (Wildman–Crippen LogP) is 1.01. The van der Waals surface area contributed by atoms with Crippen LogP contribution >= 0.6 is 0 Å². The second-order valence-electron chi connectivity index (χ2n) is 5.56.